The van der Waals surface area contributed by atoms with E-state index < -0.39 is 6.04 Å². The molecule has 1 atom stereocenters. The zero-order chi connectivity index (χ0) is 12.7. The minimum absolute atomic E-state index is 0.212. The Morgan fingerprint density at radius 2 is 2.24 bits per heavy atom. The highest BCUT2D eigenvalue weighted by Crippen LogP contribution is 2.11. The Balaban J connectivity index is 2.46. The average Bonchev–Trinajstić information content (AvgIpc) is 2.36. The number of benzene rings is 1. The van der Waals surface area contributed by atoms with Crippen LogP contribution >= 0.6 is 0 Å². The van der Waals surface area contributed by atoms with Crippen LogP contribution in [0.1, 0.15) is 5.56 Å². The molecule has 1 amide bonds. The van der Waals surface area contributed by atoms with Crippen molar-refractivity contribution in [3.63, 3.8) is 0 Å². The first-order valence-electron chi connectivity index (χ1n) is 5.32. The first kappa shape index (κ1) is 13.5. The van der Waals surface area contributed by atoms with Crippen molar-refractivity contribution in [2.45, 2.75) is 12.6 Å². The Morgan fingerprint density at radius 3 is 2.88 bits per heavy atom. The number of nitrogens with one attached hydrogen (secondary N) is 1. The zero-order valence-corrected chi connectivity index (χ0v) is 10.1. The van der Waals surface area contributed by atoms with Crippen LogP contribution in [0.25, 0.3) is 0 Å². The molecule has 1 rings (SSSR count). The lowest BCUT2D eigenvalue weighted by Gasteiger charge is -2.11. The molecule has 0 spiro atoms. The van der Waals surface area contributed by atoms with E-state index in [0.717, 1.165) is 11.3 Å². The van der Waals surface area contributed by atoms with Crippen LogP contribution in [0.4, 0.5) is 0 Å². The molecular formula is C12H18N2O3. The molecule has 17 heavy (non-hydrogen) atoms. The van der Waals surface area contributed by atoms with Gasteiger partial charge < -0.3 is 20.5 Å². The van der Waals surface area contributed by atoms with E-state index in [1.807, 2.05) is 24.3 Å². The molecule has 0 unspecified atom stereocenters. The molecule has 0 bridgehead atoms. The Bertz CT molecular complexity index is 369. The van der Waals surface area contributed by atoms with Crippen molar-refractivity contribution in [1.82, 2.24) is 5.32 Å². The second-order valence-corrected chi connectivity index (χ2v) is 3.63. The van der Waals surface area contributed by atoms with Crippen LogP contribution in [-0.4, -0.2) is 32.8 Å². The van der Waals surface area contributed by atoms with Crippen molar-refractivity contribution in [3.05, 3.63) is 29.8 Å². The standard InChI is InChI=1S/C12H18N2O3/c1-16-8-11(13)12(15)14-7-9-4-3-5-10(6-9)17-2/h3-6,11H,7-8,13H2,1-2H3,(H,14,15)/t11-/m0/s1. The molecule has 3 N–H and O–H groups in total. The number of nitrogens with two attached hydrogens (primary N) is 1. The predicted octanol–water partition coefficient (Wildman–Crippen LogP) is 0.285. The molecular weight excluding hydrogens is 220 g/mol. The van der Waals surface area contributed by atoms with Gasteiger partial charge in [0.05, 0.1) is 13.7 Å². The van der Waals surface area contributed by atoms with Crippen molar-refractivity contribution in [1.29, 1.82) is 0 Å². The van der Waals surface area contributed by atoms with E-state index in [-0.39, 0.29) is 12.5 Å². The summed E-state index contributed by atoms with van der Waals surface area (Å²) < 4.78 is 9.90. The second-order valence-electron chi connectivity index (χ2n) is 3.63. The molecule has 0 saturated carbocycles. The normalized spacial score (nSPS) is 11.9. The van der Waals surface area contributed by atoms with Gasteiger partial charge in [0.2, 0.25) is 5.91 Å². The number of amides is 1. The summed E-state index contributed by atoms with van der Waals surface area (Å²) in [5, 5.41) is 2.74. The van der Waals surface area contributed by atoms with Gasteiger partial charge in [0.1, 0.15) is 11.8 Å². The van der Waals surface area contributed by atoms with Gasteiger partial charge in [0.15, 0.2) is 0 Å². The fraction of sp³-hybridized carbons (Fsp3) is 0.417. The summed E-state index contributed by atoms with van der Waals surface area (Å²) in [7, 11) is 3.11. The van der Waals surface area contributed by atoms with Crippen molar-refractivity contribution in [3.8, 4) is 5.75 Å². The summed E-state index contributed by atoms with van der Waals surface area (Å²) >= 11 is 0. The maximum Gasteiger partial charge on any atom is 0.239 e. The molecule has 0 heterocycles. The molecule has 5 heteroatoms. The van der Waals surface area contributed by atoms with Crippen molar-refractivity contribution in [2.75, 3.05) is 20.8 Å². The van der Waals surface area contributed by atoms with Gasteiger partial charge in [-0.2, -0.15) is 0 Å². The third-order valence-corrected chi connectivity index (χ3v) is 2.28. The van der Waals surface area contributed by atoms with Crippen LogP contribution in [0, 0.1) is 0 Å². The number of ether oxygens (including phenoxy) is 2. The minimum Gasteiger partial charge on any atom is -0.497 e. The third-order valence-electron chi connectivity index (χ3n) is 2.28. The lowest BCUT2D eigenvalue weighted by Crippen LogP contribution is -2.43. The Hall–Kier alpha value is -1.59. The monoisotopic (exact) mass is 238 g/mol. The quantitative estimate of drug-likeness (QED) is 0.747. The largest absolute Gasteiger partial charge is 0.497 e. The fourth-order valence-corrected chi connectivity index (χ4v) is 1.36. The second kappa shape index (κ2) is 6.88. The van der Waals surface area contributed by atoms with Gasteiger partial charge >= 0.3 is 0 Å². The first-order chi connectivity index (χ1) is 8.17. The highest BCUT2D eigenvalue weighted by atomic mass is 16.5. The Kier molecular flexibility index (Phi) is 5.45. The summed E-state index contributed by atoms with van der Waals surface area (Å²) in [5.74, 6) is 0.535. The van der Waals surface area contributed by atoms with Gasteiger partial charge in [-0.1, -0.05) is 12.1 Å². The summed E-state index contributed by atoms with van der Waals surface area (Å²) in [6.07, 6.45) is 0. The lowest BCUT2D eigenvalue weighted by atomic mass is 10.2. The van der Waals surface area contributed by atoms with Crippen LogP contribution in [-0.2, 0) is 16.1 Å². The highest BCUT2D eigenvalue weighted by molar-refractivity contribution is 5.81. The fourth-order valence-electron chi connectivity index (χ4n) is 1.36. The van der Waals surface area contributed by atoms with E-state index in [1.54, 1.807) is 7.11 Å². The maximum atomic E-state index is 11.5. The van der Waals surface area contributed by atoms with E-state index in [9.17, 15) is 4.79 Å². The molecule has 94 valence electrons. The smallest absolute Gasteiger partial charge is 0.239 e. The Labute approximate surface area is 101 Å². The van der Waals surface area contributed by atoms with Crippen molar-refractivity contribution < 1.29 is 14.3 Å². The van der Waals surface area contributed by atoms with Gasteiger partial charge in [0, 0.05) is 13.7 Å². The van der Waals surface area contributed by atoms with E-state index in [2.05, 4.69) is 5.32 Å². The molecule has 5 nitrogen and oxygen atoms in total. The first-order valence-corrected chi connectivity index (χ1v) is 5.32. The van der Waals surface area contributed by atoms with E-state index in [1.165, 1.54) is 7.11 Å². The molecule has 0 aliphatic heterocycles. The Morgan fingerprint density at radius 1 is 1.47 bits per heavy atom. The van der Waals surface area contributed by atoms with Gasteiger partial charge in [-0.25, -0.2) is 0 Å². The number of carbonyl (C=O) groups excluding carboxylic acids is 1. The predicted molar refractivity (Wildman–Crippen MR) is 64.7 cm³/mol. The number of rotatable bonds is 6. The SMILES string of the molecule is COC[C@H](N)C(=O)NCc1cccc(OC)c1. The van der Waals surface area contributed by atoms with Crippen LogP contribution in [0.3, 0.4) is 0 Å². The summed E-state index contributed by atoms with van der Waals surface area (Å²) in [5.41, 5.74) is 6.55. The lowest BCUT2D eigenvalue weighted by molar-refractivity contribution is -0.123. The molecule has 0 radical (unpaired) electrons. The van der Waals surface area contributed by atoms with E-state index >= 15 is 0 Å². The molecule has 0 saturated heterocycles. The highest BCUT2D eigenvalue weighted by Gasteiger charge is 2.12. The van der Waals surface area contributed by atoms with Crippen LogP contribution in [0.15, 0.2) is 24.3 Å². The molecule has 1 aromatic carbocycles. The average molecular weight is 238 g/mol. The van der Waals surface area contributed by atoms with Gasteiger partial charge in [-0.05, 0) is 17.7 Å². The van der Waals surface area contributed by atoms with Crippen LogP contribution in [0.5, 0.6) is 5.75 Å². The number of carbonyl (C=O) groups is 1. The number of hydrogen-bond donors (Lipinski definition) is 2. The summed E-state index contributed by atoms with van der Waals surface area (Å²) in [6.45, 7) is 0.636. The van der Waals surface area contributed by atoms with Crippen molar-refractivity contribution >= 4 is 5.91 Å². The number of methoxy groups -OCH3 is 2. The van der Waals surface area contributed by atoms with Gasteiger partial charge in [-0.3, -0.25) is 4.79 Å². The number of hydrogen-bond acceptors (Lipinski definition) is 4. The van der Waals surface area contributed by atoms with Gasteiger partial charge in [-0.15, -0.1) is 0 Å². The topological polar surface area (TPSA) is 73.6 Å². The van der Waals surface area contributed by atoms with E-state index in [4.69, 9.17) is 15.2 Å². The van der Waals surface area contributed by atoms with E-state index in [0.29, 0.717) is 6.54 Å². The zero-order valence-electron chi connectivity index (χ0n) is 10.1. The van der Waals surface area contributed by atoms with Crippen LogP contribution in [0.2, 0.25) is 0 Å². The minimum atomic E-state index is -0.634. The molecule has 0 fully saturated rings. The summed E-state index contributed by atoms with van der Waals surface area (Å²) in [4.78, 5) is 11.5. The van der Waals surface area contributed by atoms with Gasteiger partial charge in [0.25, 0.3) is 0 Å². The third kappa shape index (κ3) is 4.42. The van der Waals surface area contributed by atoms with Crippen molar-refractivity contribution in [2.24, 2.45) is 5.73 Å². The molecule has 1 aromatic rings. The maximum absolute atomic E-state index is 11.5. The summed E-state index contributed by atoms with van der Waals surface area (Å²) in [6, 6.07) is 6.86. The molecule has 0 aliphatic carbocycles. The molecule has 0 aromatic heterocycles. The van der Waals surface area contributed by atoms with Crippen LogP contribution < -0.4 is 15.8 Å². The molecule has 0 aliphatic rings.